The minimum absolute atomic E-state index is 0.117. The predicted octanol–water partition coefficient (Wildman–Crippen LogP) is 2.07. The van der Waals surface area contributed by atoms with Crippen LogP contribution in [0.5, 0.6) is 0 Å². The van der Waals surface area contributed by atoms with Crippen molar-refractivity contribution < 1.29 is 9.50 Å². The molecule has 5 nitrogen and oxygen atoms in total. The zero-order chi connectivity index (χ0) is 13.7. The summed E-state index contributed by atoms with van der Waals surface area (Å²) in [5, 5.41) is 20.1. The Kier molecular flexibility index (Phi) is 4.70. The van der Waals surface area contributed by atoms with Gasteiger partial charge in [-0.3, -0.25) is 4.68 Å². The lowest BCUT2D eigenvalue weighted by Gasteiger charge is -2.06. The molecule has 0 aliphatic rings. The number of nitrogens with zero attached hydrogens (tertiary/aromatic N) is 3. The fourth-order valence-electron chi connectivity index (χ4n) is 1.58. The second kappa shape index (κ2) is 6.49. The smallest absolute Gasteiger partial charge is 0.125 e. The van der Waals surface area contributed by atoms with E-state index in [-0.39, 0.29) is 12.4 Å². The number of hydrogen-bond donors (Lipinski definition) is 2. The van der Waals surface area contributed by atoms with Crippen LogP contribution in [0.1, 0.15) is 12.1 Å². The topological polar surface area (TPSA) is 63.0 Å². The van der Waals surface area contributed by atoms with Crippen molar-refractivity contribution in [2.45, 2.75) is 19.5 Å². The van der Waals surface area contributed by atoms with E-state index in [9.17, 15) is 4.39 Å². The van der Waals surface area contributed by atoms with Crippen LogP contribution < -0.4 is 5.32 Å². The Morgan fingerprint density at radius 3 is 3.05 bits per heavy atom. The quantitative estimate of drug-likeness (QED) is 0.852. The van der Waals surface area contributed by atoms with Gasteiger partial charge in [0.1, 0.15) is 11.5 Å². The van der Waals surface area contributed by atoms with Gasteiger partial charge in [0.25, 0.3) is 0 Å². The first kappa shape index (κ1) is 13.8. The molecular weight excluding hydrogens is 271 g/mol. The number of aliphatic hydroxyl groups excluding tert-OH is 1. The highest BCUT2D eigenvalue weighted by Gasteiger charge is 2.04. The molecule has 7 heteroatoms. The highest BCUT2D eigenvalue weighted by atomic mass is 35.5. The van der Waals surface area contributed by atoms with Gasteiger partial charge in [-0.2, -0.15) is 0 Å². The molecule has 0 aliphatic heterocycles. The molecule has 102 valence electrons. The van der Waals surface area contributed by atoms with Gasteiger partial charge in [0.15, 0.2) is 0 Å². The summed E-state index contributed by atoms with van der Waals surface area (Å²) in [5.41, 5.74) is 1.24. The van der Waals surface area contributed by atoms with Crippen LogP contribution in [0.2, 0.25) is 5.02 Å². The average molecular weight is 285 g/mol. The van der Waals surface area contributed by atoms with Crippen LogP contribution in [0.3, 0.4) is 0 Å². The van der Waals surface area contributed by atoms with Crippen molar-refractivity contribution >= 4 is 17.3 Å². The summed E-state index contributed by atoms with van der Waals surface area (Å²) in [6, 6.07) is 4.13. The summed E-state index contributed by atoms with van der Waals surface area (Å²) >= 11 is 5.94. The molecule has 0 saturated carbocycles. The number of aromatic nitrogens is 3. The number of aliphatic hydroxyl groups is 1. The van der Waals surface area contributed by atoms with Crippen LogP contribution in [0.4, 0.5) is 10.1 Å². The molecule has 0 saturated heterocycles. The van der Waals surface area contributed by atoms with Gasteiger partial charge in [0, 0.05) is 13.2 Å². The molecule has 19 heavy (non-hydrogen) atoms. The number of benzene rings is 1. The van der Waals surface area contributed by atoms with Gasteiger partial charge < -0.3 is 10.4 Å². The largest absolute Gasteiger partial charge is 0.396 e. The Balaban J connectivity index is 1.94. The van der Waals surface area contributed by atoms with Crippen molar-refractivity contribution in [2.75, 3.05) is 11.9 Å². The predicted molar refractivity (Wildman–Crippen MR) is 70.5 cm³/mol. The molecule has 2 rings (SSSR count). The van der Waals surface area contributed by atoms with E-state index in [0.29, 0.717) is 30.2 Å². The van der Waals surface area contributed by atoms with Crippen molar-refractivity contribution in [2.24, 2.45) is 0 Å². The lowest BCUT2D eigenvalue weighted by atomic mass is 10.3. The maximum atomic E-state index is 13.1. The molecule has 0 amide bonds. The Labute approximate surface area is 115 Å². The Hall–Kier alpha value is -1.66. The highest BCUT2D eigenvalue weighted by Crippen LogP contribution is 2.22. The van der Waals surface area contributed by atoms with Crippen molar-refractivity contribution in [1.82, 2.24) is 15.0 Å². The number of rotatable bonds is 6. The lowest BCUT2D eigenvalue weighted by molar-refractivity contribution is 0.276. The summed E-state index contributed by atoms with van der Waals surface area (Å²) in [6.07, 6.45) is 2.40. The lowest BCUT2D eigenvalue weighted by Crippen LogP contribution is -2.01. The van der Waals surface area contributed by atoms with Gasteiger partial charge in [-0.25, -0.2) is 4.39 Å². The SMILES string of the molecule is OCCCn1cc(CNc2cc(F)ccc2Cl)nn1. The van der Waals surface area contributed by atoms with Crippen LogP contribution in [-0.2, 0) is 13.1 Å². The standard InChI is InChI=1S/C12H14ClFN4O/c13-11-3-2-9(14)6-12(11)15-7-10-8-18(17-16-10)4-1-5-19/h2-3,6,8,15,19H,1,4-5,7H2. The van der Waals surface area contributed by atoms with Crippen molar-refractivity contribution in [3.63, 3.8) is 0 Å². The third kappa shape index (κ3) is 3.90. The van der Waals surface area contributed by atoms with E-state index in [1.165, 1.54) is 18.2 Å². The van der Waals surface area contributed by atoms with Crippen molar-refractivity contribution in [1.29, 1.82) is 0 Å². The second-order valence-corrected chi connectivity index (χ2v) is 4.44. The van der Waals surface area contributed by atoms with E-state index in [0.717, 1.165) is 5.69 Å². The highest BCUT2D eigenvalue weighted by molar-refractivity contribution is 6.33. The fourth-order valence-corrected chi connectivity index (χ4v) is 1.76. The van der Waals surface area contributed by atoms with Crippen LogP contribution in [0.15, 0.2) is 24.4 Å². The maximum absolute atomic E-state index is 13.1. The summed E-state index contributed by atoms with van der Waals surface area (Å²) in [6.45, 7) is 1.14. The molecule has 0 spiro atoms. The molecule has 0 unspecified atom stereocenters. The first-order valence-corrected chi connectivity index (χ1v) is 6.25. The number of halogens is 2. The first-order chi connectivity index (χ1) is 9.19. The molecule has 0 atom stereocenters. The van der Waals surface area contributed by atoms with Gasteiger partial charge in [-0.05, 0) is 24.6 Å². The molecule has 1 heterocycles. The molecule has 1 aromatic heterocycles. The van der Waals surface area contributed by atoms with Gasteiger partial charge in [-0.15, -0.1) is 5.10 Å². The van der Waals surface area contributed by atoms with Gasteiger partial charge in [-0.1, -0.05) is 16.8 Å². The van der Waals surface area contributed by atoms with E-state index in [2.05, 4.69) is 15.6 Å². The summed E-state index contributed by atoms with van der Waals surface area (Å²) in [7, 11) is 0. The fraction of sp³-hybridized carbons (Fsp3) is 0.333. The number of hydrogen-bond acceptors (Lipinski definition) is 4. The van der Waals surface area contributed by atoms with Crippen LogP contribution in [0.25, 0.3) is 0 Å². The van der Waals surface area contributed by atoms with E-state index in [4.69, 9.17) is 16.7 Å². The summed E-state index contributed by atoms with van der Waals surface area (Å²) in [4.78, 5) is 0. The minimum Gasteiger partial charge on any atom is -0.396 e. The third-order valence-electron chi connectivity index (χ3n) is 2.52. The molecular formula is C12H14ClFN4O. The zero-order valence-corrected chi connectivity index (χ0v) is 10.9. The van der Waals surface area contributed by atoms with E-state index in [1.807, 2.05) is 0 Å². The van der Waals surface area contributed by atoms with Crippen LogP contribution >= 0.6 is 11.6 Å². The molecule has 0 bridgehead atoms. The average Bonchev–Trinajstić information content (AvgIpc) is 2.85. The molecule has 0 aliphatic carbocycles. The Morgan fingerprint density at radius 1 is 1.42 bits per heavy atom. The minimum atomic E-state index is -0.349. The molecule has 1 aromatic carbocycles. The number of aryl methyl sites for hydroxylation is 1. The van der Waals surface area contributed by atoms with Crippen LogP contribution in [0, 0.1) is 5.82 Å². The van der Waals surface area contributed by atoms with Crippen LogP contribution in [-0.4, -0.2) is 26.7 Å². The zero-order valence-electron chi connectivity index (χ0n) is 10.2. The van der Waals surface area contributed by atoms with Crippen molar-refractivity contribution in [3.8, 4) is 0 Å². The molecule has 0 radical (unpaired) electrons. The number of anilines is 1. The Morgan fingerprint density at radius 2 is 2.26 bits per heavy atom. The third-order valence-corrected chi connectivity index (χ3v) is 2.85. The Bertz CT molecular complexity index is 546. The monoisotopic (exact) mass is 284 g/mol. The second-order valence-electron chi connectivity index (χ2n) is 4.03. The summed E-state index contributed by atoms with van der Waals surface area (Å²) < 4.78 is 14.7. The van der Waals surface area contributed by atoms with Gasteiger partial charge in [0.2, 0.25) is 0 Å². The van der Waals surface area contributed by atoms with Gasteiger partial charge >= 0.3 is 0 Å². The van der Waals surface area contributed by atoms with E-state index < -0.39 is 0 Å². The van der Waals surface area contributed by atoms with Crippen molar-refractivity contribution in [3.05, 3.63) is 40.9 Å². The molecule has 0 fully saturated rings. The normalized spacial score (nSPS) is 10.7. The van der Waals surface area contributed by atoms with E-state index >= 15 is 0 Å². The van der Waals surface area contributed by atoms with Gasteiger partial charge in [0.05, 0.1) is 23.5 Å². The number of nitrogens with one attached hydrogen (secondary N) is 1. The first-order valence-electron chi connectivity index (χ1n) is 5.88. The molecule has 2 aromatic rings. The van der Waals surface area contributed by atoms with E-state index in [1.54, 1.807) is 10.9 Å². The summed E-state index contributed by atoms with van der Waals surface area (Å²) in [5.74, 6) is -0.349. The maximum Gasteiger partial charge on any atom is 0.125 e. The molecule has 2 N–H and O–H groups in total.